The van der Waals surface area contributed by atoms with Gasteiger partial charge >= 0.3 is 39.5 Å². The van der Waals surface area contributed by atoms with Crippen molar-refractivity contribution in [2.75, 3.05) is 39.6 Å². The molecule has 0 rings (SSSR count). The van der Waals surface area contributed by atoms with E-state index in [4.69, 9.17) is 37.0 Å². The highest BCUT2D eigenvalue weighted by atomic mass is 31.2. The fourth-order valence-electron chi connectivity index (χ4n) is 10.4. The molecule has 522 valence electrons. The maximum atomic E-state index is 13.0. The molecular weight excluding hydrogens is 1160 g/mol. The first-order valence-corrected chi connectivity index (χ1v) is 39.0. The molecule has 0 aromatic carbocycles. The van der Waals surface area contributed by atoms with Crippen LogP contribution >= 0.6 is 15.6 Å². The quantitative estimate of drug-likeness (QED) is 0.0222. The lowest BCUT2D eigenvalue weighted by molar-refractivity contribution is -0.161. The number of ether oxygens (including phenoxy) is 4. The monoisotopic (exact) mass is 1300 g/mol. The number of aliphatic hydroxyl groups excluding tert-OH is 1. The third-order valence-electron chi connectivity index (χ3n) is 16.0. The van der Waals surface area contributed by atoms with Crippen LogP contribution in [0.3, 0.4) is 0 Å². The van der Waals surface area contributed by atoms with E-state index in [1.165, 1.54) is 161 Å². The number of hydrogen-bond donors (Lipinski definition) is 3. The van der Waals surface area contributed by atoms with E-state index < -0.39 is 97.5 Å². The standard InChI is InChI=1S/C69H134O17P2/c1-7-9-11-13-15-17-18-19-22-29-35-41-47-53-68(73)85-64(57-79-66(71)51-45-39-33-16-14-12-10-8-2)59-83-87(75,76)81-55-63(70)56-82-88(77,78)84-60-65(58-80-67(72)52-46-40-34-28-25-24-27-32-38-44-50-62(5)6)86-69(74)54-48-42-36-30-23-20-21-26-31-37-43-49-61(3)4/h61-65,70H,7-60H2,1-6H3,(H,75,76)(H,77,78)/t63-,64+,65+/m0/s1. The molecule has 0 saturated heterocycles. The van der Waals surface area contributed by atoms with Crippen LogP contribution in [-0.4, -0.2) is 96.7 Å². The second kappa shape index (κ2) is 61.3. The Morgan fingerprint density at radius 3 is 0.773 bits per heavy atom. The topological polar surface area (TPSA) is 237 Å². The van der Waals surface area contributed by atoms with Crippen molar-refractivity contribution in [2.24, 2.45) is 11.8 Å². The summed E-state index contributed by atoms with van der Waals surface area (Å²) in [6.45, 7) is 9.51. The van der Waals surface area contributed by atoms with Gasteiger partial charge in [0.15, 0.2) is 12.2 Å². The summed E-state index contributed by atoms with van der Waals surface area (Å²) in [5, 5.41) is 10.6. The lowest BCUT2D eigenvalue weighted by Gasteiger charge is -2.21. The molecule has 3 N–H and O–H groups in total. The van der Waals surface area contributed by atoms with Crippen LogP contribution in [0.5, 0.6) is 0 Å². The van der Waals surface area contributed by atoms with Gasteiger partial charge < -0.3 is 33.8 Å². The van der Waals surface area contributed by atoms with Crippen molar-refractivity contribution in [3.05, 3.63) is 0 Å². The van der Waals surface area contributed by atoms with Gasteiger partial charge in [0.25, 0.3) is 0 Å². The van der Waals surface area contributed by atoms with Crippen LogP contribution in [0.4, 0.5) is 0 Å². The molecule has 5 atom stereocenters. The molecule has 88 heavy (non-hydrogen) atoms. The number of hydrogen-bond acceptors (Lipinski definition) is 15. The highest BCUT2D eigenvalue weighted by Crippen LogP contribution is 2.45. The van der Waals surface area contributed by atoms with Crippen molar-refractivity contribution < 1.29 is 80.2 Å². The second-order valence-corrected chi connectivity index (χ2v) is 28.8. The molecule has 2 unspecified atom stereocenters. The normalized spacial score (nSPS) is 14.2. The zero-order valence-electron chi connectivity index (χ0n) is 57.0. The molecule has 17 nitrogen and oxygen atoms in total. The summed E-state index contributed by atoms with van der Waals surface area (Å²) in [6, 6.07) is 0. The van der Waals surface area contributed by atoms with E-state index >= 15 is 0 Å². The number of carbonyl (C=O) groups is 4. The number of phosphoric ester groups is 2. The predicted molar refractivity (Wildman–Crippen MR) is 354 cm³/mol. The Morgan fingerprint density at radius 1 is 0.307 bits per heavy atom. The van der Waals surface area contributed by atoms with Gasteiger partial charge in [-0.05, 0) is 37.5 Å². The van der Waals surface area contributed by atoms with Gasteiger partial charge in [-0.15, -0.1) is 0 Å². The maximum absolute atomic E-state index is 13.0. The van der Waals surface area contributed by atoms with Crippen molar-refractivity contribution >= 4 is 39.5 Å². The molecule has 0 heterocycles. The van der Waals surface area contributed by atoms with E-state index in [9.17, 15) is 43.2 Å². The van der Waals surface area contributed by atoms with Gasteiger partial charge in [0.1, 0.15) is 19.3 Å². The minimum Gasteiger partial charge on any atom is -0.462 e. The van der Waals surface area contributed by atoms with E-state index in [1.54, 1.807) is 0 Å². The van der Waals surface area contributed by atoms with Gasteiger partial charge in [-0.2, -0.15) is 0 Å². The Balaban J connectivity index is 5.23. The molecule has 0 fully saturated rings. The van der Waals surface area contributed by atoms with E-state index in [0.717, 1.165) is 108 Å². The van der Waals surface area contributed by atoms with Crippen LogP contribution in [0.1, 0.15) is 350 Å². The number of aliphatic hydroxyl groups is 1. The third-order valence-corrected chi connectivity index (χ3v) is 17.9. The van der Waals surface area contributed by atoms with Crippen molar-refractivity contribution in [1.29, 1.82) is 0 Å². The first-order valence-electron chi connectivity index (χ1n) is 36.0. The first kappa shape index (κ1) is 86.1. The Kier molecular flexibility index (Phi) is 59.9. The summed E-state index contributed by atoms with van der Waals surface area (Å²) < 4.78 is 68.2. The third kappa shape index (κ3) is 62.8. The average Bonchev–Trinajstić information content (AvgIpc) is 3.57. The Bertz CT molecular complexity index is 1720. The van der Waals surface area contributed by atoms with E-state index in [0.29, 0.717) is 25.7 Å². The highest BCUT2D eigenvalue weighted by molar-refractivity contribution is 7.47. The van der Waals surface area contributed by atoms with Crippen molar-refractivity contribution in [2.45, 2.75) is 368 Å². The largest absolute Gasteiger partial charge is 0.472 e. The SMILES string of the molecule is CCCCCCCCCCCCCCCC(=O)O[C@H](COC(=O)CCCCCCCCCC)COP(=O)(O)OC[C@H](O)COP(=O)(O)OC[C@@H](COC(=O)CCCCCCCCCCCCC(C)C)OC(=O)CCCCCCCCCCCCCC(C)C. The second-order valence-electron chi connectivity index (χ2n) is 25.9. The van der Waals surface area contributed by atoms with Gasteiger partial charge in [0, 0.05) is 25.7 Å². The molecule has 0 spiro atoms. The molecule has 0 aliphatic rings. The summed E-state index contributed by atoms with van der Waals surface area (Å²) in [4.78, 5) is 72.4. The number of rotatable bonds is 68. The van der Waals surface area contributed by atoms with E-state index in [-0.39, 0.29) is 25.7 Å². The summed E-state index contributed by atoms with van der Waals surface area (Å²) in [6.07, 6.45) is 45.7. The molecule has 0 aromatic heterocycles. The minimum absolute atomic E-state index is 0.106. The fraction of sp³-hybridized carbons (Fsp3) is 0.942. The average molecular weight is 1300 g/mol. The zero-order valence-corrected chi connectivity index (χ0v) is 58.8. The minimum atomic E-state index is -4.95. The first-order chi connectivity index (χ1) is 42.4. The van der Waals surface area contributed by atoms with E-state index in [1.807, 2.05) is 0 Å². The van der Waals surface area contributed by atoms with Gasteiger partial charge in [-0.3, -0.25) is 37.3 Å². The van der Waals surface area contributed by atoms with Crippen LogP contribution < -0.4 is 0 Å². The number of carbonyl (C=O) groups excluding carboxylic acids is 4. The van der Waals surface area contributed by atoms with Gasteiger partial charge in [0.05, 0.1) is 26.4 Å². The fourth-order valence-corrected chi connectivity index (χ4v) is 12.0. The number of unbranched alkanes of at least 4 members (excludes halogenated alkanes) is 38. The smallest absolute Gasteiger partial charge is 0.462 e. The molecular formula is C69H134O17P2. The summed E-state index contributed by atoms with van der Waals surface area (Å²) in [5.74, 6) is -0.603. The number of esters is 4. The van der Waals surface area contributed by atoms with Crippen LogP contribution in [0.2, 0.25) is 0 Å². The number of phosphoric acid groups is 2. The summed E-state index contributed by atoms with van der Waals surface area (Å²) in [5.41, 5.74) is 0. The lowest BCUT2D eigenvalue weighted by Crippen LogP contribution is -2.30. The van der Waals surface area contributed by atoms with E-state index in [2.05, 4.69) is 41.5 Å². The zero-order chi connectivity index (χ0) is 65.0. The Morgan fingerprint density at radius 2 is 0.523 bits per heavy atom. The molecule has 0 aromatic rings. The molecule has 0 radical (unpaired) electrons. The van der Waals surface area contributed by atoms with Gasteiger partial charge in [-0.1, -0.05) is 298 Å². The molecule has 0 amide bonds. The van der Waals surface area contributed by atoms with Gasteiger partial charge in [0.2, 0.25) is 0 Å². The van der Waals surface area contributed by atoms with Crippen LogP contribution in [-0.2, 0) is 65.4 Å². The highest BCUT2D eigenvalue weighted by Gasteiger charge is 2.30. The van der Waals surface area contributed by atoms with Crippen LogP contribution in [0, 0.1) is 11.8 Å². The Hall–Kier alpha value is -1.94. The maximum Gasteiger partial charge on any atom is 0.472 e. The van der Waals surface area contributed by atoms with Crippen molar-refractivity contribution in [3.8, 4) is 0 Å². The summed E-state index contributed by atoms with van der Waals surface area (Å²) >= 11 is 0. The van der Waals surface area contributed by atoms with Crippen molar-refractivity contribution in [3.63, 3.8) is 0 Å². The van der Waals surface area contributed by atoms with Crippen LogP contribution in [0.15, 0.2) is 0 Å². The lowest BCUT2D eigenvalue weighted by atomic mass is 10.0. The van der Waals surface area contributed by atoms with Gasteiger partial charge in [-0.25, -0.2) is 9.13 Å². The van der Waals surface area contributed by atoms with Crippen molar-refractivity contribution in [1.82, 2.24) is 0 Å². The Labute approximate surface area is 537 Å². The molecule has 19 heteroatoms. The molecule has 0 aliphatic heterocycles. The molecule has 0 saturated carbocycles. The molecule has 0 aliphatic carbocycles. The summed E-state index contributed by atoms with van der Waals surface area (Å²) in [7, 11) is -9.89. The molecule has 0 bridgehead atoms. The van der Waals surface area contributed by atoms with Crippen LogP contribution in [0.25, 0.3) is 0 Å². The predicted octanol–water partition coefficient (Wildman–Crippen LogP) is 19.6.